The number of allylic oxidation sites excluding steroid dienone is 6. The Morgan fingerprint density at radius 2 is 0.982 bits per heavy atom. The first-order chi connectivity index (χ1) is 27.1. The predicted molar refractivity (Wildman–Crippen MR) is 236 cm³/mol. The van der Waals surface area contributed by atoms with Gasteiger partial charge in [0.15, 0.2) is 0 Å². The molecule has 0 aromatic carbocycles. The van der Waals surface area contributed by atoms with Gasteiger partial charge in [0.1, 0.15) is 19.3 Å². The van der Waals surface area contributed by atoms with E-state index >= 15 is 0 Å². The number of carbonyl (C=O) groups is 1. The van der Waals surface area contributed by atoms with Crippen LogP contribution in [0.2, 0.25) is 0 Å². The molecule has 2 atom stereocenters. The first-order valence-electron chi connectivity index (χ1n) is 23.2. The maximum absolute atomic E-state index is 12.7. The van der Waals surface area contributed by atoms with Gasteiger partial charge in [-0.1, -0.05) is 179 Å². The Morgan fingerprint density at radius 3 is 1.46 bits per heavy atom. The molecular weight excluding hydrogens is 721 g/mol. The average molecular weight is 812 g/mol. The van der Waals surface area contributed by atoms with Gasteiger partial charge in [-0.3, -0.25) is 9.36 Å². The smallest absolute Gasteiger partial charge is 0.306 e. The van der Waals surface area contributed by atoms with E-state index in [1.807, 2.05) is 21.1 Å². The van der Waals surface area contributed by atoms with E-state index in [0.717, 1.165) is 51.4 Å². The lowest BCUT2D eigenvalue weighted by Gasteiger charge is -2.28. The Kier molecular flexibility index (Phi) is 39.6. The van der Waals surface area contributed by atoms with Gasteiger partial charge >= 0.3 is 5.97 Å². The molecule has 0 fully saturated rings. The zero-order valence-electron chi connectivity index (χ0n) is 37.3. The van der Waals surface area contributed by atoms with Gasteiger partial charge < -0.3 is 27.9 Å². The van der Waals surface area contributed by atoms with Crippen LogP contribution in [-0.2, 0) is 27.9 Å². The van der Waals surface area contributed by atoms with Crippen LogP contribution >= 0.6 is 7.82 Å². The maximum Gasteiger partial charge on any atom is 0.306 e. The molecule has 0 aliphatic rings. The van der Waals surface area contributed by atoms with Crippen LogP contribution < -0.4 is 4.89 Å². The molecule has 0 aromatic rings. The minimum absolute atomic E-state index is 0.0252. The quantitative estimate of drug-likeness (QED) is 0.0199. The Bertz CT molecular complexity index is 994. The van der Waals surface area contributed by atoms with E-state index in [1.165, 1.54) is 128 Å². The molecule has 0 aliphatic heterocycles. The van der Waals surface area contributed by atoms with Crippen molar-refractivity contribution in [1.29, 1.82) is 0 Å². The Balaban J connectivity index is 4.15. The highest BCUT2D eigenvalue weighted by atomic mass is 31.2. The fourth-order valence-electron chi connectivity index (χ4n) is 6.32. The van der Waals surface area contributed by atoms with Crippen LogP contribution in [-0.4, -0.2) is 70.7 Å². The van der Waals surface area contributed by atoms with Crippen LogP contribution in [0.3, 0.4) is 0 Å². The van der Waals surface area contributed by atoms with Gasteiger partial charge in [-0.25, -0.2) is 0 Å². The molecule has 0 aromatic heterocycles. The van der Waals surface area contributed by atoms with Gasteiger partial charge in [0, 0.05) is 13.0 Å². The summed E-state index contributed by atoms with van der Waals surface area (Å²) in [5, 5.41) is 0. The predicted octanol–water partition coefficient (Wildman–Crippen LogP) is 13.1. The summed E-state index contributed by atoms with van der Waals surface area (Å²) in [5.41, 5.74) is 0. The number of nitrogens with zero attached hydrogens (tertiary/aromatic N) is 1. The maximum atomic E-state index is 12.7. The second-order valence-corrected chi connectivity index (χ2v) is 18.2. The number of ether oxygens (including phenoxy) is 2. The van der Waals surface area contributed by atoms with Gasteiger partial charge in [0.05, 0.1) is 34.4 Å². The summed E-state index contributed by atoms with van der Waals surface area (Å²) in [7, 11) is 1.35. The van der Waals surface area contributed by atoms with Crippen LogP contribution in [0.4, 0.5) is 0 Å². The lowest BCUT2D eigenvalue weighted by atomic mass is 10.1. The molecule has 0 amide bonds. The summed E-state index contributed by atoms with van der Waals surface area (Å²) in [5.74, 6) is -0.340. The fourth-order valence-corrected chi connectivity index (χ4v) is 7.05. The zero-order chi connectivity index (χ0) is 41.3. The zero-order valence-corrected chi connectivity index (χ0v) is 38.2. The number of esters is 1. The highest BCUT2D eigenvalue weighted by Gasteiger charge is 2.20. The van der Waals surface area contributed by atoms with Crippen molar-refractivity contribution in [2.75, 3.05) is 54.1 Å². The Hall–Kier alpha value is -1.28. The lowest BCUT2D eigenvalue weighted by Crippen LogP contribution is -2.37. The van der Waals surface area contributed by atoms with Crippen molar-refractivity contribution in [2.45, 2.75) is 206 Å². The summed E-state index contributed by atoms with van der Waals surface area (Å²) in [4.78, 5) is 25.1. The molecule has 0 N–H and O–H groups in total. The van der Waals surface area contributed by atoms with Gasteiger partial charge in [-0.15, -0.1) is 0 Å². The molecule has 330 valence electrons. The van der Waals surface area contributed by atoms with E-state index in [9.17, 15) is 14.3 Å². The number of carbonyl (C=O) groups excluding carboxylic acids is 1. The minimum atomic E-state index is -4.52. The number of unbranched alkanes of at least 4 members (excludes halogenated alkanes) is 23. The van der Waals surface area contributed by atoms with Crippen molar-refractivity contribution >= 4 is 13.8 Å². The highest BCUT2D eigenvalue weighted by molar-refractivity contribution is 7.45. The number of likely N-dealkylation sites (N-methyl/N-ethyl adjacent to an activating group) is 1. The van der Waals surface area contributed by atoms with Crippen molar-refractivity contribution < 1.29 is 37.3 Å². The normalized spacial score (nSPS) is 14.0. The number of rotatable bonds is 43. The SMILES string of the molecule is CCCCCCC/C=C\C/C=C\C/C=C\CCCCCCCCCCC(=O)OC(COCCCCCCCCCCCCC)COP(=O)([O-])OCC[N+](C)(C)C. The van der Waals surface area contributed by atoms with Crippen molar-refractivity contribution in [3.05, 3.63) is 36.5 Å². The van der Waals surface area contributed by atoms with E-state index < -0.39 is 13.9 Å². The molecule has 0 bridgehead atoms. The number of hydrogen-bond acceptors (Lipinski definition) is 7. The number of hydrogen-bond donors (Lipinski definition) is 0. The average Bonchev–Trinajstić information content (AvgIpc) is 3.15. The van der Waals surface area contributed by atoms with Crippen molar-refractivity contribution in [1.82, 2.24) is 0 Å². The molecule has 56 heavy (non-hydrogen) atoms. The second kappa shape index (κ2) is 40.5. The van der Waals surface area contributed by atoms with Crippen LogP contribution in [0.5, 0.6) is 0 Å². The molecule has 8 nitrogen and oxygen atoms in total. The van der Waals surface area contributed by atoms with Crippen LogP contribution in [0.1, 0.15) is 200 Å². The Morgan fingerprint density at radius 1 is 0.554 bits per heavy atom. The minimum Gasteiger partial charge on any atom is -0.756 e. The third kappa shape index (κ3) is 43.8. The number of phosphoric acid groups is 1. The number of phosphoric ester groups is 1. The van der Waals surface area contributed by atoms with Crippen molar-refractivity contribution in [3.63, 3.8) is 0 Å². The molecule has 0 spiro atoms. The Labute approximate surface area is 346 Å². The molecule has 9 heteroatoms. The summed E-state index contributed by atoms with van der Waals surface area (Å²) < 4.78 is 34.6. The lowest BCUT2D eigenvalue weighted by molar-refractivity contribution is -0.870. The van der Waals surface area contributed by atoms with Gasteiger partial charge in [0.2, 0.25) is 0 Å². The van der Waals surface area contributed by atoms with Gasteiger partial charge in [0.25, 0.3) is 7.82 Å². The summed E-state index contributed by atoms with van der Waals surface area (Å²) >= 11 is 0. The molecule has 2 unspecified atom stereocenters. The van der Waals surface area contributed by atoms with E-state index in [1.54, 1.807) is 0 Å². The van der Waals surface area contributed by atoms with E-state index in [-0.39, 0.29) is 25.8 Å². The van der Waals surface area contributed by atoms with Gasteiger partial charge in [-0.2, -0.15) is 0 Å². The molecule has 0 radical (unpaired) electrons. The third-order valence-corrected chi connectivity index (χ3v) is 10.9. The van der Waals surface area contributed by atoms with Crippen molar-refractivity contribution in [3.8, 4) is 0 Å². The van der Waals surface area contributed by atoms with E-state index in [0.29, 0.717) is 24.1 Å². The standard InChI is InChI=1S/C47H90NO7P/c1-6-8-10-12-14-16-18-19-20-21-22-23-24-25-26-27-28-29-30-32-34-36-38-40-47(49)55-46(45-54-56(50,51)53-43-41-48(3,4)5)44-52-42-39-37-35-33-31-17-15-13-11-9-7-2/h18-19,21-22,24-25,46H,6-17,20,23,26-45H2,1-5H3/b19-18-,22-21-,25-24-. The highest BCUT2D eigenvalue weighted by Crippen LogP contribution is 2.38. The molecule has 0 saturated heterocycles. The topological polar surface area (TPSA) is 94.1 Å². The molecule has 0 saturated carbocycles. The molecular formula is C47H90NO7P. The summed E-state index contributed by atoms with van der Waals surface area (Å²) in [6.07, 6.45) is 47.3. The van der Waals surface area contributed by atoms with Crippen LogP contribution in [0.15, 0.2) is 36.5 Å². The van der Waals surface area contributed by atoms with Gasteiger partial charge in [-0.05, 0) is 51.4 Å². The first-order valence-corrected chi connectivity index (χ1v) is 24.7. The van der Waals surface area contributed by atoms with Crippen molar-refractivity contribution in [2.24, 2.45) is 0 Å². The summed E-state index contributed by atoms with van der Waals surface area (Å²) in [6, 6.07) is 0. The van der Waals surface area contributed by atoms with E-state index in [4.69, 9.17) is 18.5 Å². The summed E-state index contributed by atoms with van der Waals surface area (Å²) in [6.45, 7) is 5.40. The molecule has 0 aliphatic carbocycles. The second-order valence-electron chi connectivity index (χ2n) is 16.8. The van der Waals surface area contributed by atoms with E-state index in [2.05, 4.69) is 50.3 Å². The third-order valence-electron chi connectivity index (χ3n) is 9.94. The first kappa shape index (κ1) is 54.7. The van der Waals surface area contributed by atoms with Crippen LogP contribution in [0.25, 0.3) is 0 Å². The molecule has 0 heterocycles. The monoisotopic (exact) mass is 812 g/mol. The van der Waals surface area contributed by atoms with Crippen LogP contribution in [0, 0.1) is 0 Å². The fraction of sp³-hybridized carbons (Fsp3) is 0.851. The largest absolute Gasteiger partial charge is 0.756 e. The molecule has 0 rings (SSSR count). The number of quaternary nitrogens is 1.